The fourth-order valence-electron chi connectivity index (χ4n) is 2.77. The number of methoxy groups -OCH3 is 1. The number of carbonyl (C=O) groups excluding carboxylic acids is 1. The van der Waals surface area contributed by atoms with Crippen molar-refractivity contribution >= 4 is 5.91 Å². The second kappa shape index (κ2) is 9.18. The molecule has 0 aliphatic carbocycles. The van der Waals surface area contributed by atoms with Crippen molar-refractivity contribution < 1.29 is 9.53 Å². The first-order chi connectivity index (χ1) is 12.0. The Bertz CT molecular complexity index is 738. The average Bonchev–Trinajstić information content (AvgIpc) is 2.61. The Balaban J connectivity index is 2.07. The smallest absolute Gasteiger partial charge is 0.252 e. The molecule has 0 saturated heterocycles. The van der Waals surface area contributed by atoms with Crippen LogP contribution < -0.4 is 10.9 Å². The summed E-state index contributed by atoms with van der Waals surface area (Å²) >= 11 is 0. The highest BCUT2D eigenvalue weighted by Crippen LogP contribution is 2.23. The van der Waals surface area contributed by atoms with Crippen molar-refractivity contribution in [3.05, 3.63) is 70.1 Å². The lowest BCUT2D eigenvalue weighted by Gasteiger charge is -2.22. The number of carbonyl (C=O) groups is 1. The molecule has 1 amide bonds. The summed E-state index contributed by atoms with van der Waals surface area (Å²) < 4.78 is 6.49. The minimum absolute atomic E-state index is 0.141. The van der Waals surface area contributed by atoms with E-state index < -0.39 is 0 Å². The Hall–Kier alpha value is -2.40. The summed E-state index contributed by atoms with van der Waals surface area (Å²) in [6.07, 6.45) is 1.59. The van der Waals surface area contributed by atoms with Crippen molar-refractivity contribution in [3.8, 4) is 0 Å². The van der Waals surface area contributed by atoms with E-state index in [4.69, 9.17) is 4.74 Å². The Morgan fingerprint density at radius 2 is 1.88 bits per heavy atom. The summed E-state index contributed by atoms with van der Waals surface area (Å²) in [7, 11) is 1.58. The van der Waals surface area contributed by atoms with E-state index in [0.717, 1.165) is 0 Å². The molecule has 2 rings (SSSR count). The predicted molar refractivity (Wildman–Crippen MR) is 98.9 cm³/mol. The number of ether oxygens (including phenoxy) is 1. The predicted octanol–water partition coefficient (Wildman–Crippen LogP) is 2.66. The van der Waals surface area contributed by atoms with E-state index >= 15 is 0 Å². The van der Waals surface area contributed by atoms with Crippen LogP contribution in [-0.4, -0.2) is 30.7 Å². The highest BCUT2D eigenvalue weighted by atomic mass is 16.5. The Labute approximate surface area is 148 Å². The second-order valence-corrected chi connectivity index (χ2v) is 6.41. The van der Waals surface area contributed by atoms with E-state index in [1.54, 1.807) is 19.4 Å². The minimum atomic E-state index is -0.173. The maximum atomic E-state index is 12.5. The number of amides is 1. The highest BCUT2D eigenvalue weighted by Gasteiger charge is 2.17. The molecule has 134 valence electrons. The van der Waals surface area contributed by atoms with Crippen molar-refractivity contribution in [2.24, 2.45) is 5.92 Å². The van der Waals surface area contributed by atoms with Gasteiger partial charge in [-0.05, 0) is 17.5 Å². The van der Waals surface area contributed by atoms with Crippen LogP contribution in [0.15, 0.2) is 53.5 Å². The van der Waals surface area contributed by atoms with Gasteiger partial charge in [0.05, 0.1) is 12.2 Å². The molecule has 5 heteroatoms. The topological polar surface area (TPSA) is 60.3 Å². The van der Waals surface area contributed by atoms with Gasteiger partial charge in [0.1, 0.15) is 0 Å². The molecule has 0 spiro atoms. The molecule has 1 N–H and O–H groups in total. The lowest BCUT2D eigenvalue weighted by atomic mass is 9.88. The van der Waals surface area contributed by atoms with Gasteiger partial charge in [-0.3, -0.25) is 9.59 Å². The zero-order valence-corrected chi connectivity index (χ0v) is 15.1. The zero-order valence-electron chi connectivity index (χ0n) is 15.1. The first kappa shape index (κ1) is 18.9. The molecule has 1 heterocycles. The maximum absolute atomic E-state index is 12.5. The third-order valence-electron chi connectivity index (χ3n) is 4.30. The van der Waals surface area contributed by atoms with Crippen molar-refractivity contribution in [1.82, 2.24) is 9.88 Å². The van der Waals surface area contributed by atoms with E-state index in [-0.39, 0.29) is 17.4 Å². The molecule has 0 fully saturated rings. The Morgan fingerprint density at radius 1 is 1.16 bits per heavy atom. The molecule has 0 radical (unpaired) electrons. The van der Waals surface area contributed by atoms with Crippen LogP contribution >= 0.6 is 0 Å². The van der Waals surface area contributed by atoms with Crippen LogP contribution in [0.4, 0.5) is 0 Å². The number of benzene rings is 1. The van der Waals surface area contributed by atoms with Crippen LogP contribution in [0.1, 0.15) is 35.7 Å². The molecular weight excluding hydrogens is 316 g/mol. The quantitative estimate of drug-likeness (QED) is 0.802. The summed E-state index contributed by atoms with van der Waals surface area (Å²) in [5.41, 5.74) is 1.55. The fraction of sp³-hybridized carbons (Fsp3) is 0.400. The number of nitrogens with one attached hydrogen (secondary N) is 1. The average molecular weight is 342 g/mol. The van der Waals surface area contributed by atoms with Crippen LogP contribution in [0, 0.1) is 5.92 Å². The lowest BCUT2D eigenvalue weighted by molar-refractivity contribution is 0.0948. The maximum Gasteiger partial charge on any atom is 0.252 e. The van der Waals surface area contributed by atoms with E-state index in [1.807, 2.05) is 18.2 Å². The molecule has 5 nitrogen and oxygen atoms in total. The number of hydrogen-bond donors (Lipinski definition) is 1. The van der Waals surface area contributed by atoms with Crippen LogP contribution in [0.25, 0.3) is 0 Å². The van der Waals surface area contributed by atoms with E-state index in [2.05, 4.69) is 31.3 Å². The second-order valence-electron chi connectivity index (χ2n) is 6.41. The summed E-state index contributed by atoms with van der Waals surface area (Å²) in [6, 6.07) is 13.2. The van der Waals surface area contributed by atoms with Gasteiger partial charge >= 0.3 is 0 Å². The standard InChI is InChI=1S/C20H26N2O3/c1-15(2)18(16-7-5-4-6-8-16)13-21-20(24)17-9-10-19(23)22(14-17)11-12-25-3/h4-10,14-15,18H,11-13H2,1-3H3,(H,21,24)/t18-/m0/s1. The van der Waals surface area contributed by atoms with Crippen LogP contribution in [-0.2, 0) is 11.3 Å². The van der Waals surface area contributed by atoms with Crippen molar-refractivity contribution in [1.29, 1.82) is 0 Å². The highest BCUT2D eigenvalue weighted by molar-refractivity contribution is 5.93. The fourth-order valence-corrected chi connectivity index (χ4v) is 2.77. The Morgan fingerprint density at radius 3 is 2.52 bits per heavy atom. The summed E-state index contributed by atoms with van der Waals surface area (Å²) in [5, 5.41) is 3.00. The Kier molecular flexibility index (Phi) is 6.95. The summed E-state index contributed by atoms with van der Waals surface area (Å²) in [5.74, 6) is 0.468. The molecule has 0 saturated carbocycles. The molecule has 0 bridgehead atoms. The number of pyridine rings is 1. The third-order valence-corrected chi connectivity index (χ3v) is 4.30. The first-order valence-corrected chi connectivity index (χ1v) is 8.55. The van der Waals surface area contributed by atoms with Crippen molar-refractivity contribution in [3.63, 3.8) is 0 Å². The number of rotatable bonds is 8. The van der Waals surface area contributed by atoms with Crippen LogP contribution in [0.3, 0.4) is 0 Å². The van der Waals surface area contributed by atoms with Gasteiger partial charge in [-0.1, -0.05) is 44.2 Å². The van der Waals surface area contributed by atoms with Gasteiger partial charge in [-0.15, -0.1) is 0 Å². The van der Waals surface area contributed by atoms with Crippen LogP contribution in [0.5, 0.6) is 0 Å². The van der Waals surface area contributed by atoms with Gasteiger partial charge in [-0.25, -0.2) is 0 Å². The van der Waals surface area contributed by atoms with Gasteiger partial charge in [0, 0.05) is 38.4 Å². The zero-order chi connectivity index (χ0) is 18.2. The minimum Gasteiger partial charge on any atom is -0.383 e. The molecular formula is C20H26N2O3. The van der Waals surface area contributed by atoms with Gasteiger partial charge in [-0.2, -0.15) is 0 Å². The summed E-state index contributed by atoms with van der Waals surface area (Å²) in [4.78, 5) is 24.3. The first-order valence-electron chi connectivity index (χ1n) is 8.55. The number of nitrogens with zero attached hydrogens (tertiary/aromatic N) is 1. The molecule has 1 aromatic heterocycles. The van der Waals surface area contributed by atoms with Crippen LogP contribution in [0.2, 0.25) is 0 Å². The molecule has 1 aromatic carbocycles. The SMILES string of the molecule is COCCn1cc(C(=O)NC[C@H](c2ccccc2)C(C)C)ccc1=O. The normalized spacial score (nSPS) is 12.2. The molecule has 0 aliphatic heterocycles. The molecule has 2 aromatic rings. The molecule has 25 heavy (non-hydrogen) atoms. The van der Waals surface area contributed by atoms with Gasteiger partial charge < -0.3 is 14.6 Å². The molecule has 0 aliphatic rings. The molecule has 1 atom stereocenters. The van der Waals surface area contributed by atoms with Crippen molar-refractivity contribution in [2.45, 2.75) is 26.3 Å². The van der Waals surface area contributed by atoms with E-state index in [0.29, 0.717) is 31.2 Å². The largest absolute Gasteiger partial charge is 0.383 e. The van der Waals surface area contributed by atoms with Gasteiger partial charge in [0.2, 0.25) is 0 Å². The third kappa shape index (κ3) is 5.29. The monoisotopic (exact) mass is 342 g/mol. The van der Waals surface area contributed by atoms with Gasteiger partial charge in [0.15, 0.2) is 0 Å². The van der Waals surface area contributed by atoms with E-state index in [9.17, 15) is 9.59 Å². The van der Waals surface area contributed by atoms with E-state index in [1.165, 1.54) is 16.2 Å². The van der Waals surface area contributed by atoms with Crippen molar-refractivity contribution in [2.75, 3.05) is 20.3 Å². The molecule has 0 unspecified atom stereocenters. The summed E-state index contributed by atoms with van der Waals surface area (Å²) in [6.45, 7) is 5.70. The number of aromatic nitrogens is 1. The van der Waals surface area contributed by atoms with Gasteiger partial charge in [0.25, 0.3) is 11.5 Å². The lowest BCUT2D eigenvalue weighted by Crippen LogP contribution is -2.31. The number of hydrogen-bond acceptors (Lipinski definition) is 3.